The number of carbonyl (C=O) groups is 1. The van der Waals surface area contributed by atoms with Crippen molar-refractivity contribution >= 4 is 17.4 Å². The number of hydrogen-bond donors (Lipinski definition) is 0. The van der Waals surface area contributed by atoms with E-state index in [0.29, 0.717) is 12.3 Å². The highest BCUT2D eigenvalue weighted by Gasteiger charge is 2.42. The van der Waals surface area contributed by atoms with Crippen LogP contribution in [0.3, 0.4) is 0 Å². The van der Waals surface area contributed by atoms with Gasteiger partial charge in [0.1, 0.15) is 0 Å². The summed E-state index contributed by atoms with van der Waals surface area (Å²) in [5, 5.41) is 4.01. The van der Waals surface area contributed by atoms with E-state index in [1.165, 1.54) is 11.5 Å². The fraction of sp³-hybridized carbons (Fsp3) is 0.833. The Bertz CT molecular complexity index is 637. The van der Waals surface area contributed by atoms with E-state index < -0.39 is 0 Å². The topological polar surface area (TPSA) is 77.0 Å². The standard InChI is InChI=1S/C18H28N4O4S/c1-13-17(19-20-27-13)18(23)22-5-4-16-15(22)3-2-14(26-16)12-25-11-8-21-6-9-24-10-7-21/h14-16H,2-12H2,1H3/t14-,15-,16-/m1/s1. The maximum absolute atomic E-state index is 12.8. The van der Waals surface area contributed by atoms with Gasteiger partial charge in [0.15, 0.2) is 5.69 Å². The highest BCUT2D eigenvalue weighted by molar-refractivity contribution is 7.05. The van der Waals surface area contributed by atoms with Crippen LogP contribution in [0.15, 0.2) is 0 Å². The van der Waals surface area contributed by atoms with E-state index in [-0.39, 0.29) is 24.2 Å². The Morgan fingerprint density at radius 3 is 2.89 bits per heavy atom. The molecule has 0 unspecified atom stereocenters. The van der Waals surface area contributed by atoms with E-state index in [9.17, 15) is 4.79 Å². The van der Waals surface area contributed by atoms with Gasteiger partial charge in [-0.25, -0.2) is 0 Å². The fourth-order valence-electron chi connectivity index (χ4n) is 4.17. The molecule has 0 bridgehead atoms. The zero-order valence-corrected chi connectivity index (χ0v) is 16.7. The van der Waals surface area contributed by atoms with Crippen LogP contribution in [0.25, 0.3) is 0 Å². The molecule has 1 aromatic heterocycles. The lowest BCUT2D eigenvalue weighted by atomic mass is 9.99. The minimum absolute atomic E-state index is 0.00226. The monoisotopic (exact) mass is 396 g/mol. The van der Waals surface area contributed by atoms with Crippen LogP contribution in [0.2, 0.25) is 0 Å². The zero-order valence-electron chi connectivity index (χ0n) is 15.8. The first-order chi connectivity index (χ1) is 13.2. The normalized spacial score (nSPS) is 29.1. The van der Waals surface area contributed by atoms with Crippen LogP contribution in [0.4, 0.5) is 0 Å². The molecule has 150 valence electrons. The van der Waals surface area contributed by atoms with Crippen molar-refractivity contribution in [2.24, 2.45) is 0 Å². The Morgan fingerprint density at radius 2 is 2.11 bits per heavy atom. The molecular weight excluding hydrogens is 368 g/mol. The van der Waals surface area contributed by atoms with Gasteiger partial charge in [-0.1, -0.05) is 4.49 Å². The van der Waals surface area contributed by atoms with Gasteiger partial charge in [-0.15, -0.1) is 5.10 Å². The summed E-state index contributed by atoms with van der Waals surface area (Å²) in [4.78, 5) is 18.0. The van der Waals surface area contributed by atoms with Gasteiger partial charge in [-0.3, -0.25) is 9.69 Å². The average molecular weight is 397 g/mol. The van der Waals surface area contributed by atoms with Gasteiger partial charge >= 0.3 is 0 Å². The molecule has 0 aromatic carbocycles. The number of morpholine rings is 1. The van der Waals surface area contributed by atoms with E-state index in [0.717, 1.165) is 70.1 Å². The Balaban J connectivity index is 1.21. The molecule has 9 heteroatoms. The van der Waals surface area contributed by atoms with E-state index >= 15 is 0 Å². The summed E-state index contributed by atoms with van der Waals surface area (Å²) in [6.45, 7) is 8.57. The number of carbonyl (C=O) groups excluding carboxylic acids is 1. The number of aryl methyl sites for hydroxylation is 1. The van der Waals surface area contributed by atoms with Crippen LogP contribution in [-0.2, 0) is 14.2 Å². The lowest BCUT2D eigenvalue weighted by Gasteiger charge is -2.35. The summed E-state index contributed by atoms with van der Waals surface area (Å²) in [5.41, 5.74) is 0.495. The summed E-state index contributed by atoms with van der Waals surface area (Å²) in [5.74, 6) is -0.00226. The third kappa shape index (κ3) is 4.48. The highest BCUT2D eigenvalue weighted by Crippen LogP contribution is 2.32. The molecule has 0 saturated carbocycles. The van der Waals surface area contributed by atoms with Crippen LogP contribution in [-0.4, -0.2) is 96.2 Å². The number of amides is 1. The number of ether oxygens (including phenoxy) is 3. The van der Waals surface area contributed by atoms with Gasteiger partial charge in [0.05, 0.1) is 49.6 Å². The van der Waals surface area contributed by atoms with Crippen molar-refractivity contribution in [2.75, 3.05) is 52.6 Å². The summed E-state index contributed by atoms with van der Waals surface area (Å²) in [6.07, 6.45) is 3.02. The average Bonchev–Trinajstić information content (AvgIpc) is 3.31. The molecule has 3 aliphatic rings. The molecule has 3 atom stereocenters. The zero-order chi connectivity index (χ0) is 18.6. The van der Waals surface area contributed by atoms with Crippen LogP contribution in [0.5, 0.6) is 0 Å². The molecule has 8 nitrogen and oxygen atoms in total. The number of aromatic nitrogens is 2. The minimum Gasteiger partial charge on any atom is -0.379 e. The van der Waals surface area contributed by atoms with Crippen molar-refractivity contribution in [3.05, 3.63) is 10.6 Å². The largest absolute Gasteiger partial charge is 0.379 e. The second-order valence-electron chi connectivity index (χ2n) is 7.44. The van der Waals surface area contributed by atoms with Crippen LogP contribution in [0.1, 0.15) is 34.6 Å². The predicted molar refractivity (Wildman–Crippen MR) is 100 cm³/mol. The lowest BCUT2D eigenvalue weighted by Crippen LogP contribution is -2.46. The number of rotatable bonds is 6. The Morgan fingerprint density at radius 1 is 1.26 bits per heavy atom. The van der Waals surface area contributed by atoms with E-state index in [4.69, 9.17) is 14.2 Å². The number of likely N-dealkylation sites (tertiary alicyclic amines) is 1. The molecule has 27 heavy (non-hydrogen) atoms. The lowest BCUT2D eigenvalue weighted by molar-refractivity contribution is -0.0984. The second-order valence-corrected chi connectivity index (χ2v) is 8.39. The van der Waals surface area contributed by atoms with Gasteiger partial charge in [0, 0.05) is 26.2 Å². The number of nitrogens with zero attached hydrogens (tertiary/aromatic N) is 4. The van der Waals surface area contributed by atoms with Gasteiger partial charge in [0.2, 0.25) is 0 Å². The molecule has 4 heterocycles. The highest BCUT2D eigenvalue weighted by atomic mass is 32.1. The Hall–Kier alpha value is -1.13. The number of hydrogen-bond acceptors (Lipinski definition) is 8. The molecule has 4 rings (SSSR count). The second kappa shape index (κ2) is 8.91. The van der Waals surface area contributed by atoms with Crippen molar-refractivity contribution < 1.29 is 19.0 Å². The van der Waals surface area contributed by atoms with Crippen molar-refractivity contribution in [3.8, 4) is 0 Å². The maximum Gasteiger partial charge on any atom is 0.275 e. The molecule has 0 spiro atoms. The van der Waals surface area contributed by atoms with Gasteiger partial charge in [-0.2, -0.15) is 0 Å². The first kappa shape index (κ1) is 19.2. The first-order valence-corrected chi connectivity index (χ1v) is 10.6. The third-order valence-electron chi connectivity index (χ3n) is 5.71. The Labute approximate surface area is 163 Å². The van der Waals surface area contributed by atoms with E-state index in [1.54, 1.807) is 0 Å². The van der Waals surface area contributed by atoms with E-state index in [2.05, 4.69) is 14.5 Å². The van der Waals surface area contributed by atoms with Crippen LogP contribution < -0.4 is 0 Å². The first-order valence-electron chi connectivity index (χ1n) is 9.85. The predicted octanol–water partition coefficient (Wildman–Crippen LogP) is 0.957. The van der Waals surface area contributed by atoms with Crippen molar-refractivity contribution in [3.63, 3.8) is 0 Å². The molecular formula is C18H28N4O4S. The van der Waals surface area contributed by atoms with Crippen LogP contribution >= 0.6 is 11.5 Å². The van der Waals surface area contributed by atoms with Gasteiger partial charge < -0.3 is 19.1 Å². The fourth-order valence-corrected chi connectivity index (χ4v) is 4.63. The molecule has 0 aliphatic carbocycles. The molecule has 0 N–H and O–H groups in total. The van der Waals surface area contributed by atoms with Crippen LogP contribution in [0, 0.1) is 6.92 Å². The maximum atomic E-state index is 12.8. The summed E-state index contributed by atoms with van der Waals surface area (Å²) < 4.78 is 21.4. The molecule has 3 fully saturated rings. The van der Waals surface area contributed by atoms with E-state index in [1.807, 2.05) is 11.8 Å². The van der Waals surface area contributed by atoms with Gasteiger partial charge in [-0.05, 0) is 37.7 Å². The summed E-state index contributed by atoms with van der Waals surface area (Å²) >= 11 is 1.28. The molecule has 3 saturated heterocycles. The summed E-state index contributed by atoms with van der Waals surface area (Å²) in [7, 11) is 0. The van der Waals surface area contributed by atoms with Gasteiger partial charge in [0.25, 0.3) is 5.91 Å². The van der Waals surface area contributed by atoms with Crippen molar-refractivity contribution in [1.82, 2.24) is 19.4 Å². The molecule has 0 radical (unpaired) electrons. The van der Waals surface area contributed by atoms with Crippen molar-refractivity contribution in [2.45, 2.75) is 44.4 Å². The smallest absolute Gasteiger partial charge is 0.275 e. The Kier molecular flexibility index (Phi) is 6.34. The van der Waals surface area contributed by atoms with Crippen molar-refractivity contribution in [1.29, 1.82) is 0 Å². The SMILES string of the molecule is Cc1snnc1C(=O)N1CC[C@H]2O[C@@H](COCCN3CCOCC3)CC[C@H]21. The number of fused-ring (bicyclic) bond motifs is 1. The molecule has 3 aliphatic heterocycles. The quantitative estimate of drug-likeness (QED) is 0.663. The third-order valence-corrected chi connectivity index (χ3v) is 6.34. The summed E-state index contributed by atoms with van der Waals surface area (Å²) in [6, 6.07) is 0.156. The molecule has 1 amide bonds. The minimum atomic E-state index is -0.00226. The molecule has 1 aromatic rings.